The molecular weight excluding hydrogens is 559 g/mol. The molecule has 6 aromatic carbocycles. The summed E-state index contributed by atoms with van der Waals surface area (Å²) in [4.78, 5) is 0. The molecule has 0 bridgehead atoms. The van der Waals surface area contributed by atoms with Gasteiger partial charge in [0, 0.05) is 10.8 Å². The van der Waals surface area contributed by atoms with E-state index in [4.69, 9.17) is 27.4 Å². The smallest absolute Gasteiger partial charge is 0.0875 e. The average molecular weight is 581 g/mol. The molecule has 2 heterocycles. The minimum absolute atomic E-state index is 0.556. The van der Waals surface area contributed by atoms with Crippen molar-refractivity contribution in [3.63, 3.8) is 0 Å². The molecule has 0 unspecified atom stereocenters. The summed E-state index contributed by atoms with van der Waals surface area (Å²) in [5.41, 5.74) is 2.30. The number of benzene rings is 4. The van der Waals surface area contributed by atoms with Crippen LogP contribution in [0.4, 0.5) is 0 Å². The Hall–Kier alpha value is -3.53. The molecule has 0 amide bonds. The van der Waals surface area contributed by atoms with E-state index in [9.17, 15) is 0 Å². The molecule has 5 heteroatoms. The van der Waals surface area contributed by atoms with Crippen LogP contribution < -0.4 is 0 Å². The third-order valence-corrected chi connectivity index (χ3v) is 6.78. The zero-order chi connectivity index (χ0) is 26.6. The van der Waals surface area contributed by atoms with Gasteiger partial charge in [0.1, 0.15) is 0 Å². The molecule has 0 aliphatic heterocycles. The van der Waals surface area contributed by atoms with Gasteiger partial charge in [0.15, 0.2) is 0 Å². The normalized spacial score (nSPS) is 10.8. The van der Waals surface area contributed by atoms with E-state index in [1.807, 2.05) is 36.8 Å². The molecule has 0 N–H and O–H groups in total. The number of hydrogen-bond acceptors (Lipinski definition) is 2. The molecule has 0 saturated heterocycles. The third-order valence-electron chi connectivity index (χ3n) is 6.78. The second kappa shape index (κ2) is 11.7. The van der Waals surface area contributed by atoms with Gasteiger partial charge in [-0.2, -0.15) is 0 Å². The van der Waals surface area contributed by atoms with Crippen molar-refractivity contribution in [2.75, 3.05) is 0 Å². The molecule has 0 fully saturated rings. The molecule has 0 aliphatic rings. The van der Waals surface area contributed by atoms with Crippen LogP contribution in [0.2, 0.25) is 0 Å². The van der Waals surface area contributed by atoms with E-state index in [1.54, 1.807) is 0 Å². The van der Waals surface area contributed by atoms with E-state index in [-0.39, 0.29) is 0 Å². The number of fused-ring (bicyclic) bond motifs is 4. The van der Waals surface area contributed by atoms with Crippen molar-refractivity contribution in [1.29, 1.82) is 0 Å². The predicted molar refractivity (Wildman–Crippen MR) is 161 cm³/mol. The molecule has 0 atom stereocenters. The fourth-order valence-corrected chi connectivity index (χ4v) is 5.00. The maximum atomic E-state index is 5.73. The number of furan rings is 2. The molecule has 8 aromatic rings. The maximum absolute atomic E-state index is 5.73. The standard InChI is InChI=1S/2C17H11O.2ClH.Ti/c2*1-2-6-13-10-15(9-12(13)5-1)17-16-8-4-3-7-14(16)11-18-17;;;/h2*1-11H;2*1H;/q2*-1;;;+2/p-2. The quantitative estimate of drug-likeness (QED) is 0.150. The van der Waals surface area contributed by atoms with Crippen LogP contribution in [-0.4, -0.2) is 0 Å². The van der Waals surface area contributed by atoms with E-state index in [2.05, 4.69) is 97.1 Å². The Bertz CT molecular complexity index is 1780. The predicted octanol–water partition coefficient (Wildman–Crippen LogP) is 11.3. The Morgan fingerprint density at radius 2 is 0.846 bits per heavy atom. The Morgan fingerprint density at radius 1 is 0.487 bits per heavy atom. The zero-order valence-corrected chi connectivity index (χ0v) is 23.8. The summed E-state index contributed by atoms with van der Waals surface area (Å²) in [7, 11) is 9.78. The minimum Gasteiger partial charge on any atom is -0.498 e. The first-order valence-electron chi connectivity index (χ1n) is 12.5. The summed E-state index contributed by atoms with van der Waals surface area (Å²) in [6.45, 7) is 0. The fraction of sp³-hybridized carbons (Fsp3) is 0. The second-order valence-corrected chi connectivity index (χ2v) is 11.7. The van der Waals surface area contributed by atoms with E-state index >= 15 is 0 Å². The van der Waals surface area contributed by atoms with Crippen molar-refractivity contribution in [3.05, 3.63) is 134 Å². The van der Waals surface area contributed by atoms with Crippen molar-refractivity contribution in [3.8, 4) is 22.6 Å². The van der Waals surface area contributed by atoms with Crippen molar-refractivity contribution >= 4 is 61.7 Å². The third kappa shape index (κ3) is 5.34. The van der Waals surface area contributed by atoms with Gasteiger partial charge >= 0.3 is 35.6 Å². The minimum atomic E-state index is -0.556. The van der Waals surface area contributed by atoms with Gasteiger partial charge in [-0.15, -0.1) is 57.9 Å². The van der Waals surface area contributed by atoms with Gasteiger partial charge in [-0.3, -0.25) is 0 Å². The van der Waals surface area contributed by atoms with Crippen LogP contribution in [0.1, 0.15) is 0 Å². The first-order valence-corrected chi connectivity index (χ1v) is 16.8. The summed E-state index contributed by atoms with van der Waals surface area (Å²) in [5, 5.41) is 9.68. The molecule has 0 aliphatic carbocycles. The zero-order valence-electron chi connectivity index (χ0n) is 20.8. The van der Waals surface area contributed by atoms with Crippen molar-refractivity contribution < 1.29 is 25.9 Å². The molecule has 0 radical (unpaired) electrons. The van der Waals surface area contributed by atoms with Gasteiger partial charge in [0.05, 0.1) is 24.0 Å². The van der Waals surface area contributed by atoms with Gasteiger partial charge in [-0.1, -0.05) is 96.1 Å². The van der Waals surface area contributed by atoms with E-state index < -0.39 is 17.0 Å². The molecule has 190 valence electrons. The average Bonchev–Trinajstić information content (AvgIpc) is 3.76. The molecule has 2 aromatic heterocycles. The monoisotopic (exact) mass is 580 g/mol. The Kier molecular flexibility index (Phi) is 7.72. The Balaban J connectivity index is 0.000000129. The molecule has 2 nitrogen and oxygen atoms in total. The Morgan fingerprint density at radius 3 is 1.26 bits per heavy atom. The van der Waals surface area contributed by atoms with Gasteiger partial charge in [-0.05, 0) is 10.8 Å². The van der Waals surface area contributed by atoms with Crippen molar-refractivity contribution in [2.24, 2.45) is 0 Å². The van der Waals surface area contributed by atoms with Crippen LogP contribution in [0.3, 0.4) is 0 Å². The number of halogens is 2. The van der Waals surface area contributed by atoms with Gasteiger partial charge in [-0.25, -0.2) is 0 Å². The van der Waals surface area contributed by atoms with Crippen LogP contribution in [0, 0.1) is 0 Å². The number of rotatable bonds is 2. The van der Waals surface area contributed by atoms with E-state index in [0.29, 0.717) is 0 Å². The fourth-order valence-electron chi connectivity index (χ4n) is 5.00. The molecular formula is C34H22Cl2O2Ti-2. The van der Waals surface area contributed by atoms with Gasteiger partial charge in [0.25, 0.3) is 0 Å². The largest absolute Gasteiger partial charge is 0.498 e. The van der Waals surface area contributed by atoms with E-state index in [1.165, 1.54) is 32.3 Å². The van der Waals surface area contributed by atoms with Crippen LogP contribution in [-0.2, 0) is 17.0 Å². The second-order valence-electron chi connectivity index (χ2n) is 9.12. The van der Waals surface area contributed by atoms with Crippen LogP contribution in [0.15, 0.2) is 143 Å². The first kappa shape index (κ1) is 25.7. The maximum Gasteiger partial charge on any atom is 0.0875 e. The van der Waals surface area contributed by atoms with E-state index in [0.717, 1.165) is 33.4 Å². The van der Waals surface area contributed by atoms with Crippen LogP contribution >= 0.6 is 18.6 Å². The molecule has 8 rings (SSSR count). The molecule has 39 heavy (non-hydrogen) atoms. The van der Waals surface area contributed by atoms with Gasteiger partial charge < -0.3 is 8.83 Å². The Labute approximate surface area is 242 Å². The van der Waals surface area contributed by atoms with Crippen molar-refractivity contribution in [1.82, 2.24) is 0 Å². The first-order chi connectivity index (χ1) is 19.2. The van der Waals surface area contributed by atoms with Crippen LogP contribution in [0.5, 0.6) is 0 Å². The molecule has 0 spiro atoms. The summed E-state index contributed by atoms with van der Waals surface area (Å²) < 4.78 is 11.5. The summed E-state index contributed by atoms with van der Waals surface area (Å²) in [6, 6.07) is 42.0. The van der Waals surface area contributed by atoms with Crippen molar-refractivity contribution in [2.45, 2.75) is 0 Å². The van der Waals surface area contributed by atoms with Gasteiger partial charge in [0.2, 0.25) is 0 Å². The summed E-state index contributed by atoms with van der Waals surface area (Å²) in [5.74, 6) is 1.92. The molecule has 0 saturated carbocycles. The topological polar surface area (TPSA) is 26.3 Å². The summed E-state index contributed by atoms with van der Waals surface area (Å²) in [6.07, 6.45) is 3.64. The van der Waals surface area contributed by atoms with Crippen LogP contribution in [0.25, 0.3) is 65.7 Å². The SMILES string of the molecule is [Cl][Ti][Cl].c1ccc2[cH-]c(-c3occ4ccccc34)cc2c1.c1ccc2[cH-]c(-c3occ4ccccc34)cc2c1. The summed E-state index contributed by atoms with van der Waals surface area (Å²) >= 11 is -0.556. The number of hydrogen-bond donors (Lipinski definition) is 0.